The third-order valence-electron chi connectivity index (χ3n) is 2.69. The fraction of sp³-hybridized carbons (Fsp3) is 0.250. The molecule has 0 fully saturated rings. The summed E-state index contributed by atoms with van der Waals surface area (Å²) in [6.07, 6.45) is -0.695. The molecule has 2 N–H and O–H groups in total. The average molecular weight is 248 g/mol. The Balaban J connectivity index is 2.56. The van der Waals surface area contributed by atoms with Crippen molar-refractivity contribution in [1.29, 1.82) is 0 Å². The standard InChI is InChI=1S/C12H12N2O4/c1-7-12(17)14(11(16)6-15)9-4-8(5-13)2-3-10(9)18-7/h2-4,6-7H,5,13H2,1H3. The molecular weight excluding hydrogens is 236 g/mol. The first-order chi connectivity index (χ1) is 8.58. The Morgan fingerprint density at radius 2 is 2.28 bits per heavy atom. The van der Waals surface area contributed by atoms with Gasteiger partial charge in [0.25, 0.3) is 11.8 Å². The maximum atomic E-state index is 11.9. The summed E-state index contributed by atoms with van der Waals surface area (Å²) in [6, 6.07) is 4.94. The van der Waals surface area contributed by atoms with Gasteiger partial charge in [0.05, 0.1) is 5.69 Å². The SMILES string of the molecule is CC1Oc2ccc(CN)cc2N(C(=O)C=O)C1=O. The smallest absolute Gasteiger partial charge is 0.298 e. The zero-order valence-corrected chi connectivity index (χ0v) is 9.75. The Hall–Kier alpha value is -2.21. The molecule has 0 aromatic heterocycles. The van der Waals surface area contributed by atoms with Gasteiger partial charge in [-0.3, -0.25) is 14.4 Å². The molecule has 0 radical (unpaired) electrons. The highest BCUT2D eigenvalue weighted by atomic mass is 16.5. The van der Waals surface area contributed by atoms with Crippen molar-refractivity contribution in [2.45, 2.75) is 19.6 Å². The highest BCUT2D eigenvalue weighted by molar-refractivity contribution is 6.38. The number of carbonyl (C=O) groups excluding carboxylic acids is 3. The normalized spacial score (nSPS) is 18.0. The molecule has 1 heterocycles. The van der Waals surface area contributed by atoms with E-state index >= 15 is 0 Å². The first kappa shape index (κ1) is 12.3. The van der Waals surface area contributed by atoms with Gasteiger partial charge in [-0.2, -0.15) is 0 Å². The van der Waals surface area contributed by atoms with Gasteiger partial charge in [0.15, 0.2) is 6.10 Å². The van der Waals surface area contributed by atoms with E-state index in [2.05, 4.69) is 0 Å². The van der Waals surface area contributed by atoms with E-state index in [4.69, 9.17) is 10.5 Å². The maximum absolute atomic E-state index is 11.9. The third-order valence-corrected chi connectivity index (χ3v) is 2.69. The second-order valence-corrected chi connectivity index (χ2v) is 3.90. The molecular formula is C12H12N2O4. The fourth-order valence-corrected chi connectivity index (χ4v) is 1.79. The summed E-state index contributed by atoms with van der Waals surface area (Å²) in [7, 11) is 0. The summed E-state index contributed by atoms with van der Waals surface area (Å²) in [6.45, 7) is 1.79. The largest absolute Gasteiger partial charge is 0.479 e. The Labute approximate surface area is 103 Å². The average Bonchev–Trinajstić information content (AvgIpc) is 2.39. The van der Waals surface area contributed by atoms with Gasteiger partial charge in [-0.15, -0.1) is 0 Å². The van der Waals surface area contributed by atoms with Gasteiger partial charge in [0.1, 0.15) is 5.75 Å². The van der Waals surface area contributed by atoms with Crippen LogP contribution in [0.1, 0.15) is 12.5 Å². The Bertz CT molecular complexity index is 527. The summed E-state index contributed by atoms with van der Waals surface area (Å²) in [5.41, 5.74) is 6.50. The van der Waals surface area contributed by atoms with Gasteiger partial charge in [-0.25, -0.2) is 4.90 Å². The van der Waals surface area contributed by atoms with E-state index in [0.29, 0.717) is 5.75 Å². The predicted molar refractivity (Wildman–Crippen MR) is 63.0 cm³/mol. The highest BCUT2D eigenvalue weighted by Gasteiger charge is 2.35. The van der Waals surface area contributed by atoms with Crippen molar-refractivity contribution >= 4 is 23.8 Å². The molecule has 2 amide bonds. The first-order valence-electron chi connectivity index (χ1n) is 5.41. The highest BCUT2D eigenvalue weighted by Crippen LogP contribution is 2.34. The number of nitrogens with zero attached hydrogens (tertiary/aromatic N) is 1. The van der Waals surface area contributed by atoms with Crippen molar-refractivity contribution in [3.63, 3.8) is 0 Å². The van der Waals surface area contributed by atoms with Crippen molar-refractivity contribution in [1.82, 2.24) is 0 Å². The zero-order valence-electron chi connectivity index (χ0n) is 9.75. The lowest BCUT2D eigenvalue weighted by atomic mass is 10.1. The molecule has 18 heavy (non-hydrogen) atoms. The first-order valence-corrected chi connectivity index (χ1v) is 5.41. The number of rotatable bonds is 2. The number of carbonyl (C=O) groups is 3. The second-order valence-electron chi connectivity index (χ2n) is 3.90. The molecule has 2 rings (SSSR count). The number of ether oxygens (including phenoxy) is 1. The number of hydrogen-bond acceptors (Lipinski definition) is 5. The molecule has 0 saturated carbocycles. The second kappa shape index (κ2) is 4.58. The number of hydrogen-bond donors (Lipinski definition) is 1. The van der Waals surface area contributed by atoms with Crippen LogP contribution in [0.15, 0.2) is 18.2 Å². The summed E-state index contributed by atoms with van der Waals surface area (Å²) >= 11 is 0. The van der Waals surface area contributed by atoms with Gasteiger partial charge < -0.3 is 10.5 Å². The predicted octanol–water partition coefficient (Wildman–Crippen LogP) is -0.0153. The van der Waals surface area contributed by atoms with Gasteiger partial charge >= 0.3 is 0 Å². The molecule has 1 aliphatic heterocycles. The van der Waals surface area contributed by atoms with Crippen molar-refractivity contribution in [2.24, 2.45) is 5.73 Å². The summed E-state index contributed by atoms with van der Waals surface area (Å²) in [5.74, 6) is -1.09. The minimum atomic E-state index is -0.912. The van der Waals surface area contributed by atoms with Crippen molar-refractivity contribution < 1.29 is 19.1 Å². The molecule has 1 atom stereocenters. The van der Waals surface area contributed by atoms with Gasteiger partial charge in [0.2, 0.25) is 6.29 Å². The molecule has 6 nitrogen and oxygen atoms in total. The van der Waals surface area contributed by atoms with E-state index in [1.807, 2.05) is 0 Å². The molecule has 1 aromatic carbocycles. The van der Waals surface area contributed by atoms with Crippen LogP contribution in [0.4, 0.5) is 5.69 Å². The number of anilines is 1. The fourth-order valence-electron chi connectivity index (χ4n) is 1.79. The molecule has 1 aromatic rings. The molecule has 1 aliphatic rings. The number of fused-ring (bicyclic) bond motifs is 1. The minimum absolute atomic E-state index is 0.106. The molecule has 1 unspecified atom stereocenters. The van der Waals surface area contributed by atoms with E-state index in [1.165, 1.54) is 6.92 Å². The van der Waals surface area contributed by atoms with Crippen LogP contribution >= 0.6 is 0 Å². The monoisotopic (exact) mass is 248 g/mol. The quantitative estimate of drug-likeness (QED) is 0.587. The molecule has 0 saturated heterocycles. The lowest BCUT2D eigenvalue weighted by molar-refractivity contribution is -0.135. The Kier molecular flexibility index (Phi) is 3.12. The number of amides is 2. The minimum Gasteiger partial charge on any atom is -0.479 e. The molecule has 6 heteroatoms. The van der Waals surface area contributed by atoms with Crippen LogP contribution in [0.3, 0.4) is 0 Å². The summed E-state index contributed by atoms with van der Waals surface area (Å²) in [4.78, 5) is 34.9. The van der Waals surface area contributed by atoms with E-state index in [-0.39, 0.29) is 18.5 Å². The van der Waals surface area contributed by atoms with Crippen LogP contribution in [0.5, 0.6) is 5.75 Å². The Morgan fingerprint density at radius 3 is 2.89 bits per heavy atom. The number of aldehydes is 1. The van der Waals surface area contributed by atoms with Crippen LogP contribution in [0.25, 0.3) is 0 Å². The van der Waals surface area contributed by atoms with Crippen molar-refractivity contribution in [3.8, 4) is 5.75 Å². The van der Waals surface area contributed by atoms with E-state index in [9.17, 15) is 14.4 Å². The molecule has 0 bridgehead atoms. The van der Waals surface area contributed by atoms with Crippen LogP contribution in [-0.2, 0) is 20.9 Å². The van der Waals surface area contributed by atoms with Crippen LogP contribution in [0, 0.1) is 0 Å². The van der Waals surface area contributed by atoms with Crippen LogP contribution < -0.4 is 15.4 Å². The maximum Gasteiger partial charge on any atom is 0.298 e. The van der Waals surface area contributed by atoms with Gasteiger partial charge in [0, 0.05) is 6.54 Å². The summed E-state index contributed by atoms with van der Waals surface area (Å²) < 4.78 is 5.37. The van der Waals surface area contributed by atoms with E-state index < -0.39 is 17.9 Å². The third kappa shape index (κ3) is 1.86. The lowest BCUT2D eigenvalue weighted by Crippen LogP contribution is -2.48. The zero-order chi connectivity index (χ0) is 13.3. The molecule has 94 valence electrons. The van der Waals surface area contributed by atoms with Crippen molar-refractivity contribution in [2.75, 3.05) is 4.90 Å². The summed E-state index contributed by atoms with van der Waals surface area (Å²) in [5, 5.41) is 0. The van der Waals surface area contributed by atoms with Crippen LogP contribution in [0.2, 0.25) is 0 Å². The molecule has 0 spiro atoms. The van der Waals surface area contributed by atoms with Crippen molar-refractivity contribution in [3.05, 3.63) is 23.8 Å². The number of nitrogens with two attached hydrogens (primary N) is 1. The number of imide groups is 1. The van der Waals surface area contributed by atoms with Gasteiger partial charge in [-0.05, 0) is 24.6 Å². The topological polar surface area (TPSA) is 89.7 Å². The molecule has 0 aliphatic carbocycles. The van der Waals surface area contributed by atoms with Crippen LogP contribution in [-0.4, -0.2) is 24.2 Å². The van der Waals surface area contributed by atoms with E-state index in [0.717, 1.165) is 10.5 Å². The van der Waals surface area contributed by atoms with E-state index in [1.54, 1.807) is 18.2 Å². The van der Waals surface area contributed by atoms with Gasteiger partial charge in [-0.1, -0.05) is 6.07 Å². The number of benzene rings is 1. The lowest BCUT2D eigenvalue weighted by Gasteiger charge is -2.30. The Morgan fingerprint density at radius 1 is 1.56 bits per heavy atom.